The van der Waals surface area contributed by atoms with Crippen molar-refractivity contribution in [3.63, 3.8) is 0 Å². The summed E-state index contributed by atoms with van der Waals surface area (Å²) in [5, 5.41) is 4.63. The normalized spacial score (nSPS) is 13.4. The van der Waals surface area contributed by atoms with Crippen molar-refractivity contribution in [1.82, 2.24) is 10.3 Å². The van der Waals surface area contributed by atoms with E-state index in [1.807, 2.05) is 54.6 Å². The third kappa shape index (κ3) is 8.68. The molecule has 0 amide bonds. The molecular weight excluding hydrogens is 568 g/mol. The lowest BCUT2D eigenvalue weighted by atomic mass is 10.0. The number of carbonyl (C=O) groups excluding carboxylic acids is 1. The highest BCUT2D eigenvalue weighted by Gasteiger charge is 2.40. The van der Waals surface area contributed by atoms with Gasteiger partial charge in [-0.1, -0.05) is 81.4 Å². The van der Waals surface area contributed by atoms with E-state index in [2.05, 4.69) is 69.3 Å². The summed E-state index contributed by atoms with van der Waals surface area (Å²) < 4.78 is 18.1. The minimum Gasteiger partial charge on any atom is -0.487 e. The van der Waals surface area contributed by atoms with Gasteiger partial charge in [-0.25, -0.2) is 0 Å². The van der Waals surface area contributed by atoms with Gasteiger partial charge in [0.1, 0.15) is 12.4 Å². The first-order valence-corrected chi connectivity index (χ1v) is 18.2. The Bertz CT molecular complexity index is 1610. The molecule has 234 valence electrons. The van der Waals surface area contributed by atoms with Gasteiger partial charge >= 0.3 is 5.97 Å². The Morgan fingerprint density at radius 1 is 0.932 bits per heavy atom. The van der Waals surface area contributed by atoms with Crippen molar-refractivity contribution in [3.8, 4) is 5.75 Å². The van der Waals surface area contributed by atoms with Crippen LogP contribution >= 0.6 is 0 Å². The van der Waals surface area contributed by atoms with Gasteiger partial charge in [-0.05, 0) is 65.9 Å². The zero-order chi connectivity index (χ0) is 31.9. The Morgan fingerprint density at radius 3 is 2.34 bits per heavy atom. The maximum atomic E-state index is 12.5. The highest BCUT2D eigenvalue weighted by molar-refractivity contribution is 6.74. The molecule has 4 aromatic rings. The Kier molecular flexibility index (Phi) is 10.8. The van der Waals surface area contributed by atoms with Crippen LogP contribution in [0.2, 0.25) is 18.1 Å². The molecule has 0 saturated heterocycles. The SMILES string of the molecule is COC(=O)Cc1cccc(CC(C)NCC(O[Si](C)(C)C(C)(C)C)c2ccc(OCc3ccccc3)c3[nH]c(=O)ccc23)c1. The second kappa shape index (κ2) is 14.4. The van der Waals surface area contributed by atoms with E-state index >= 15 is 0 Å². The Labute approximate surface area is 262 Å². The number of aromatic amines is 1. The van der Waals surface area contributed by atoms with Crippen molar-refractivity contribution in [3.05, 3.63) is 111 Å². The Hall–Kier alpha value is -3.72. The van der Waals surface area contributed by atoms with Crippen molar-refractivity contribution in [2.45, 2.75) is 77.4 Å². The van der Waals surface area contributed by atoms with E-state index in [9.17, 15) is 9.59 Å². The number of carbonyl (C=O) groups is 1. The first-order chi connectivity index (χ1) is 20.9. The molecule has 44 heavy (non-hydrogen) atoms. The van der Waals surface area contributed by atoms with Crippen LogP contribution < -0.4 is 15.6 Å². The van der Waals surface area contributed by atoms with Gasteiger partial charge in [0.2, 0.25) is 5.56 Å². The number of aromatic nitrogens is 1. The summed E-state index contributed by atoms with van der Waals surface area (Å²) in [5.41, 5.74) is 4.64. The molecule has 0 aliphatic rings. The molecule has 3 aromatic carbocycles. The number of benzene rings is 3. The summed E-state index contributed by atoms with van der Waals surface area (Å²) in [6, 6.07) is 25.7. The maximum Gasteiger partial charge on any atom is 0.309 e. The van der Waals surface area contributed by atoms with Crippen molar-refractivity contribution < 1.29 is 18.7 Å². The number of pyridine rings is 1. The van der Waals surface area contributed by atoms with Crippen LogP contribution in [0.1, 0.15) is 56.1 Å². The minimum atomic E-state index is -2.18. The van der Waals surface area contributed by atoms with Gasteiger partial charge < -0.3 is 24.2 Å². The highest BCUT2D eigenvalue weighted by atomic mass is 28.4. The monoisotopic (exact) mass is 614 g/mol. The molecule has 0 radical (unpaired) electrons. The fourth-order valence-electron chi connectivity index (χ4n) is 4.97. The van der Waals surface area contributed by atoms with E-state index in [1.54, 1.807) is 6.07 Å². The van der Waals surface area contributed by atoms with Crippen LogP contribution in [0, 0.1) is 0 Å². The predicted octanol–water partition coefficient (Wildman–Crippen LogP) is 7.11. The molecule has 0 aliphatic carbocycles. The fraction of sp³-hybridized carbons (Fsp3) is 0.389. The second-order valence-electron chi connectivity index (χ2n) is 13.0. The van der Waals surface area contributed by atoms with E-state index in [4.69, 9.17) is 13.9 Å². The lowest BCUT2D eigenvalue weighted by Crippen LogP contribution is -2.44. The van der Waals surface area contributed by atoms with Crippen molar-refractivity contribution in [2.24, 2.45) is 0 Å². The van der Waals surface area contributed by atoms with Crippen LogP contribution in [0.5, 0.6) is 5.75 Å². The molecule has 0 bridgehead atoms. The predicted molar refractivity (Wildman–Crippen MR) is 180 cm³/mol. The van der Waals surface area contributed by atoms with Crippen molar-refractivity contribution >= 4 is 25.2 Å². The number of rotatable bonds is 13. The zero-order valence-electron chi connectivity index (χ0n) is 27.0. The minimum absolute atomic E-state index is 0.0137. The largest absolute Gasteiger partial charge is 0.487 e. The molecule has 0 spiro atoms. The fourth-order valence-corrected chi connectivity index (χ4v) is 6.25. The molecule has 1 heterocycles. The lowest BCUT2D eigenvalue weighted by Gasteiger charge is -2.40. The van der Waals surface area contributed by atoms with Crippen LogP contribution in [-0.4, -0.2) is 39.0 Å². The Morgan fingerprint density at radius 2 is 1.64 bits per heavy atom. The number of fused-ring (bicyclic) bond motifs is 1. The van der Waals surface area contributed by atoms with Gasteiger partial charge in [-0.15, -0.1) is 0 Å². The van der Waals surface area contributed by atoms with Crippen LogP contribution in [0.25, 0.3) is 10.9 Å². The summed E-state index contributed by atoms with van der Waals surface area (Å²) >= 11 is 0. The van der Waals surface area contributed by atoms with Gasteiger partial charge in [-0.2, -0.15) is 0 Å². The summed E-state index contributed by atoms with van der Waals surface area (Å²) in [5.74, 6) is 0.383. The number of H-pyrrole nitrogens is 1. The van der Waals surface area contributed by atoms with Crippen LogP contribution in [0.4, 0.5) is 0 Å². The van der Waals surface area contributed by atoms with Crippen LogP contribution in [-0.2, 0) is 33.4 Å². The van der Waals surface area contributed by atoms with Gasteiger partial charge in [0.15, 0.2) is 8.32 Å². The standard InChI is InChI=1S/C36H46N2O5Si/c1-25(20-27-14-11-15-28(21-27)22-34(40)41-5)37-23-32(43-44(6,7)36(2,3)4)29-16-18-31(35-30(29)17-19-33(39)38-35)42-24-26-12-9-8-10-13-26/h8-19,21,25,32,37H,20,22-24H2,1-7H3,(H,38,39). The number of methoxy groups -OCH3 is 1. The summed E-state index contributed by atoms with van der Waals surface area (Å²) in [7, 11) is -0.773. The van der Waals surface area contributed by atoms with E-state index in [0.29, 0.717) is 24.4 Å². The molecule has 2 N–H and O–H groups in total. The number of hydrogen-bond donors (Lipinski definition) is 2. The van der Waals surface area contributed by atoms with Crippen LogP contribution in [0.15, 0.2) is 83.7 Å². The van der Waals surface area contributed by atoms with Crippen molar-refractivity contribution in [1.29, 1.82) is 0 Å². The van der Waals surface area contributed by atoms with E-state index in [-0.39, 0.29) is 35.1 Å². The summed E-state index contributed by atoms with van der Waals surface area (Å²) in [6.07, 6.45) is 0.803. The topological polar surface area (TPSA) is 89.7 Å². The molecule has 2 atom stereocenters. The van der Waals surface area contributed by atoms with E-state index < -0.39 is 8.32 Å². The second-order valence-corrected chi connectivity index (χ2v) is 17.7. The molecule has 8 heteroatoms. The summed E-state index contributed by atoms with van der Waals surface area (Å²) in [6.45, 7) is 14.4. The third-order valence-electron chi connectivity index (χ3n) is 8.48. The average molecular weight is 615 g/mol. The molecule has 2 unspecified atom stereocenters. The quantitative estimate of drug-likeness (QED) is 0.123. The van der Waals surface area contributed by atoms with Gasteiger partial charge in [0, 0.05) is 24.0 Å². The molecule has 1 aromatic heterocycles. The lowest BCUT2D eigenvalue weighted by molar-refractivity contribution is -0.139. The molecule has 7 nitrogen and oxygen atoms in total. The van der Waals surface area contributed by atoms with Gasteiger partial charge in [0.25, 0.3) is 0 Å². The Balaban J connectivity index is 1.60. The number of esters is 1. The molecule has 0 aliphatic heterocycles. The summed E-state index contributed by atoms with van der Waals surface area (Å²) in [4.78, 5) is 27.3. The first-order valence-electron chi connectivity index (χ1n) is 15.2. The first kappa shape index (κ1) is 33.2. The van der Waals surface area contributed by atoms with Crippen LogP contribution in [0.3, 0.4) is 0 Å². The number of nitrogens with one attached hydrogen (secondary N) is 2. The van der Waals surface area contributed by atoms with Gasteiger partial charge in [-0.3, -0.25) is 9.59 Å². The molecule has 0 fully saturated rings. The smallest absolute Gasteiger partial charge is 0.309 e. The molecular formula is C36H46N2O5Si. The third-order valence-corrected chi connectivity index (χ3v) is 13.0. The number of hydrogen-bond acceptors (Lipinski definition) is 6. The maximum absolute atomic E-state index is 12.5. The van der Waals surface area contributed by atoms with E-state index in [0.717, 1.165) is 34.1 Å². The van der Waals surface area contributed by atoms with E-state index in [1.165, 1.54) is 7.11 Å². The van der Waals surface area contributed by atoms with Gasteiger partial charge in [0.05, 0.1) is 25.2 Å². The highest BCUT2D eigenvalue weighted by Crippen LogP contribution is 2.41. The molecule has 4 rings (SSSR count). The average Bonchev–Trinajstić information content (AvgIpc) is 2.98. The zero-order valence-corrected chi connectivity index (χ0v) is 28.0. The number of ether oxygens (including phenoxy) is 2. The molecule has 0 saturated carbocycles. The van der Waals surface area contributed by atoms with Crippen molar-refractivity contribution in [2.75, 3.05) is 13.7 Å².